The first kappa shape index (κ1) is 43.1. The Morgan fingerprint density at radius 2 is 0.889 bits per heavy atom. The monoisotopic (exact) mass is 633 g/mol. The molecule has 0 spiro atoms. The van der Waals surface area contributed by atoms with Crippen molar-refractivity contribution in [2.24, 2.45) is 0 Å². The van der Waals surface area contributed by atoms with E-state index in [1.54, 1.807) is 0 Å². The molecule has 0 saturated heterocycles. The number of esters is 2. The Morgan fingerprint density at radius 3 is 1.38 bits per heavy atom. The third-order valence-electron chi connectivity index (χ3n) is 8.19. The zero-order valence-corrected chi connectivity index (χ0v) is 29.6. The van der Waals surface area contributed by atoms with Crippen LogP contribution in [0, 0.1) is 0 Å². The quantitative estimate of drug-likeness (QED) is 0.0434. The summed E-state index contributed by atoms with van der Waals surface area (Å²) in [7, 11) is 0. The van der Waals surface area contributed by atoms with Crippen LogP contribution in [-0.2, 0) is 19.1 Å². The number of carbonyl (C=O) groups excluding carboxylic acids is 2. The molecule has 0 saturated carbocycles. The number of ether oxygens (including phenoxy) is 2. The molecule has 5 nitrogen and oxygen atoms in total. The van der Waals surface area contributed by atoms with E-state index in [1.165, 1.54) is 109 Å². The van der Waals surface area contributed by atoms with Crippen LogP contribution in [0.15, 0.2) is 36.5 Å². The summed E-state index contributed by atoms with van der Waals surface area (Å²) in [6.45, 7) is 4.08. The minimum Gasteiger partial charge on any atom is -0.462 e. The van der Waals surface area contributed by atoms with E-state index in [9.17, 15) is 14.7 Å². The van der Waals surface area contributed by atoms with Crippen molar-refractivity contribution in [3.8, 4) is 0 Å². The Kier molecular flexibility index (Phi) is 35.1. The highest BCUT2D eigenvalue weighted by Gasteiger charge is 2.16. The molecule has 0 aliphatic carbocycles. The van der Waals surface area contributed by atoms with Crippen molar-refractivity contribution in [3.63, 3.8) is 0 Å². The summed E-state index contributed by atoms with van der Waals surface area (Å²) in [5.74, 6) is -0.632. The smallest absolute Gasteiger partial charge is 0.306 e. The summed E-state index contributed by atoms with van der Waals surface area (Å²) in [6, 6.07) is 0. The van der Waals surface area contributed by atoms with Gasteiger partial charge in [0.15, 0.2) is 6.10 Å². The second kappa shape index (κ2) is 36.6. The van der Waals surface area contributed by atoms with Gasteiger partial charge >= 0.3 is 11.9 Å². The highest BCUT2D eigenvalue weighted by Crippen LogP contribution is 2.14. The predicted molar refractivity (Wildman–Crippen MR) is 191 cm³/mol. The van der Waals surface area contributed by atoms with E-state index in [-0.39, 0.29) is 25.2 Å². The Morgan fingerprint density at radius 1 is 0.511 bits per heavy atom. The van der Waals surface area contributed by atoms with Gasteiger partial charge in [-0.15, -0.1) is 0 Å². The highest BCUT2D eigenvalue weighted by atomic mass is 16.6. The average Bonchev–Trinajstić information content (AvgIpc) is 3.04. The van der Waals surface area contributed by atoms with Gasteiger partial charge in [-0.05, 0) is 51.4 Å². The second-order valence-electron chi connectivity index (χ2n) is 12.7. The van der Waals surface area contributed by atoms with E-state index in [4.69, 9.17) is 9.47 Å². The summed E-state index contributed by atoms with van der Waals surface area (Å²) in [5, 5.41) is 9.53. The molecule has 1 atom stereocenters. The molecule has 262 valence electrons. The zero-order valence-electron chi connectivity index (χ0n) is 29.6. The Hall–Kier alpha value is -1.88. The first-order chi connectivity index (χ1) is 22.1. The van der Waals surface area contributed by atoms with Crippen LogP contribution in [-0.4, -0.2) is 36.4 Å². The van der Waals surface area contributed by atoms with Gasteiger partial charge in [0.25, 0.3) is 0 Å². The number of carbonyl (C=O) groups is 2. The summed E-state index contributed by atoms with van der Waals surface area (Å²) in [4.78, 5) is 24.2. The first-order valence-corrected chi connectivity index (χ1v) is 19.0. The Bertz CT molecular complexity index is 726. The number of hydrogen-bond acceptors (Lipinski definition) is 5. The molecular formula is C40H72O5. The van der Waals surface area contributed by atoms with Crippen molar-refractivity contribution >= 4 is 11.9 Å². The molecule has 0 aliphatic rings. The van der Waals surface area contributed by atoms with Crippen LogP contribution in [0.1, 0.15) is 187 Å². The van der Waals surface area contributed by atoms with Crippen molar-refractivity contribution in [2.45, 2.75) is 193 Å². The molecule has 0 radical (unpaired) electrons. The molecule has 1 N–H and O–H groups in total. The second-order valence-corrected chi connectivity index (χ2v) is 12.7. The summed E-state index contributed by atoms with van der Waals surface area (Å²) in [6.07, 6.45) is 43.4. The Labute approximate surface area is 278 Å². The van der Waals surface area contributed by atoms with Crippen LogP contribution in [0.4, 0.5) is 0 Å². The molecule has 45 heavy (non-hydrogen) atoms. The lowest BCUT2D eigenvalue weighted by Crippen LogP contribution is -2.28. The number of hydrogen-bond donors (Lipinski definition) is 1. The summed E-state index contributed by atoms with van der Waals surface area (Å²) >= 11 is 0. The largest absolute Gasteiger partial charge is 0.462 e. The van der Waals surface area contributed by atoms with Gasteiger partial charge in [0, 0.05) is 12.8 Å². The van der Waals surface area contributed by atoms with Crippen LogP contribution in [0.2, 0.25) is 0 Å². The third-order valence-corrected chi connectivity index (χ3v) is 8.19. The van der Waals surface area contributed by atoms with Gasteiger partial charge in [0.1, 0.15) is 6.61 Å². The molecule has 0 aromatic rings. The predicted octanol–water partition coefficient (Wildman–Crippen LogP) is 11.7. The minimum absolute atomic E-state index is 0.0831. The zero-order chi connectivity index (χ0) is 32.9. The highest BCUT2D eigenvalue weighted by molar-refractivity contribution is 5.70. The van der Waals surface area contributed by atoms with E-state index in [1.807, 2.05) is 0 Å². The van der Waals surface area contributed by atoms with Crippen molar-refractivity contribution in [1.82, 2.24) is 0 Å². The molecule has 0 aromatic carbocycles. The molecule has 0 bridgehead atoms. The third kappa shape index (κ3) is 34.8. The number of rotatable bonds is 34. The maximum Gasteiger partial charge on any atom is 0.306 e. The maximum atomic E-state index is 12.1. The van der Waals surface area contributed by atoms with E-state index >= 15 is 0 Å². The average molecular weight is 633 g/mol. The standard InChI is InChI=1S/C40H72O5/c1-3-5-7-9-11-13-15-17-19-21-23-25-27-29-31-33-35-40(43)45-38(36-41)37-44-39(42)34-32-30-28-26-24-22-20-18-16-14-12-10-8-6-4-2/h12,14,18,20,24,26,38,41H,3-11,13,15-17,19,21-23,25,27-37H2,1-2H3/b14-12-,20-18-,26-24-/t38-/m0/s1. The van der Waals surface area contributed by atoms with Crippen molar-refractivity contribution in [1.29, 1.82) is 0 Å². The van der Waals surface area contributed by atoms with Crippen LogP contribution in [0.25, 0.3) is 0 Å². The fourth-order valence-corrected chi connectivity index (χ4v) is 5.27. The van der Waals surface area contributed by atoms with Crippen molar-refractivity contribution in [2.75, 3.05) is 13.2 Å². The van der Waals surface area contributed by atoms with Crippen molar-refractivity contribution in [3.05, 3.63) is 36.5 Å². The molecular weight excluding hydrogens is 560 g/mol. The van der Waals surface area contributed by atoms with E-state index in [0.717, 1.165) is 51.4 Å². The lowest BCUT2D eigenvalue weighted by atomic mass is 10.0. The van der Waals surface area contributed by atoms with Crippen molar-refractivity contribution < 1.29 is 24.2 Å². The van der Waals surface area contributed by atoms with Crippen LogP contribution in [0.3, 0.4) is 0 Å². The van der Waals surface area contributed by atoms with E-state index < -0.39 is 6.10 Å². The maximum absolute atomic E-state index is 12.1. The molecule has 0 rings (SSSR count). The first-order valence-electron chi connectivity index (χ1n) is 19.0. The molecule has 0 aliphatic heterocycles. The van der Waals surface area contributed by atoms with Gasteiger partial charge < -0.3 is 14.6 Å². The van der Waals surface area contributed by atoms with Gasteiger partial charge in [-0.3, -0.25) is 9.59 Å². The lowest BCUT2D eigenvalue weighted by Gasteiger charge is -2.15. The minimum atomic E-state index is -0.782. The van der Waals surface area contributed by atoms with E-state index in [2.05, 4.69) is 50.3 Å². The number of aliphatic hydroxyl groups excluding tert-OH is 1. The molecule has 5 heteroatoms. The fraction of sp³-hybridized carbons (Fsp3) is 0.800. The molecule has 0 heterocycles. The fourth-order valence-electron chi connectivity index (χ4n) is 5.27. The Balaban J connectivity index is 3.61. The molecule has 0 unspecified atom stereocenters. The van der Waals surface area contributed by atoms with Crippen LogP contribution >= 0.6 is 0 Å². The van der Waals surface area contributed by atoms with E-state index in [0.29, 0.717) is 12.8 Å². The molecule has 0 aromatic heterocycles. The van der Waals surface area contributed by atoms with Crippen LogP contribution < -0.4 is 0 Å². The lowest BCUT2D eigenvalue weighted by molar-refractivity contribution is -0.161. The number of allylic oxidation sites excluding steroid dienone is 6. The van der Waals surface area contributed by atoms with Gasteiger partial charge in [-0.25, -0.2) is 0 Å². The van der Waals surface area contributed by atoms with Gasteiger partial charge in [-0.1, -0.05) is 159 Å². The van der Waals surface area contributed by atoms with Gasteiger partial charge in [-0.2, -0.15) is 0 Å². The normalized spacial score (nSPS) is 12.5. The number of unbranched alkanes of at least 4 members (excludes halogenated alkanes) is 20. The van der Waals surface area contributed by atoms with Gasteiger partial charge in [0.2, 0.25) is 0 Å². The topological polar surface area (TPSA) is 72.8 Å². The summed E-state index contributed by atoms with van der Waals surface area (Å²) < 4.78 is 10.6. The SMILES string of the molecule is CCCCC/C=C\C/C=C\C/C=C\CCCCC(=O)OC[C@H](CO)OC(=O)CCCCCCCCCCCCCCCCCC. The molecule has 0 fully saturated rings. The molecule has 0 amide bonds. The number of aliphatic hydroxyl groups is 1. The summed E-state index contributed by atoms with van der Waals surface area (Å²) in [5.41, 5.74) is 0. The van der Waals surface area contributed by atoms with Gasteiger partial charge in [0.05, 0.1) is 6.61 Å². The van der Waals surface area contributed by atoms with Crippen LogP contribution in [0.5, 0.6) is 0 Å².